The van der Waals surface area contributed by atoms with Crippen molar-refractivity contribution in [2.24, 2.45) is 0 Å². The second-order valence-corrected chi connectivity index (χ2v) is 4.37. The highest BCUT2D eigenvalue weighted by molar-refractivity contribution is 5.98. The lowest BCUT2D eigenvalue weighted by Gasteiger charge is -2.07. The Balaban J connectivity index is 3.25. The fourth-order valence-electron chi connectivity index (χ4n) is 1.77. The van der Waals surface area contributed by atoms with Gasteiger partial charge in [0.05, 0.1) is 36.2 Å². The molecule has 1 aromatic carbocycles. The molecule has 23 heavy (non-hydrogen) atoms. The van der Waals surface area contributed by atoms with Crippen molar-refractivity contribution in [2.75, 3.05) is 13.2 Å². The van der Waals surface area contributed by atoms with E-state index in [4.69, 9.17) is 9.47 Å². The number of hydrogen-bond acceptors (Lipinski definition) is 7. The van der Waals surface area contributed by atoms with E-state index in [1.54, 1.807) is 13.8 Å². The van der Waals surface area contributed by atoms with E-state index >= 15 is 0 Å². The van der Waals surface area contributed by atoms with Gasteiger partial charge in [-0.05, 0) is 32.1 Å². The third kappa shape index (κ3) is 5.42. The number of carbonyl (C=O) groups is 2. The molecule has 0 spiro atoms. The molecular weight excluding hydrogens is 306 g/mol. The summed E-state index contributed by atoms with van der Waals surface area (Å²) in [5.74, 6) is -1.69. The van der Waals surface area contributed by atoms with E-state index in [9.17, 15) is 24.8 Å². The summed E-state index contributed by atoms with van der Waals surface area (Å²) in [7, 11) is 0. The molecule has 0 bridgehead atoms. The molecule has 0 aliphatic rings. The van der Waals surface area contributed by atoms with E-state index in [0.29, 0.717) is 0 Å². The highest BCUT2D eigenvalue weighted by Gasteiger charge is 2.19. The van der Waals surface area contributed by atoms with Crippen LogP contribution in [0, 0.1) is 10.1 Å². The van der Waals surface area contributed by atoms with Gasteiger partial charge in [-0.25, -0.2) is 4.79 Å². The average molecular weight is 323 g/mol. The molecule has 124 valence electrons. The molecule has 0 aromatic heterocycles. The molecule has 0 heterocycles. The van der Waals surface area contributed by atoms with Gasteiger partial charge in [0.2, 0.25) is 0 Å². The molecule has 8 heteroatoms. The summed E-state index contributed by atoms with van der Waals surface area (Å²) in [6.07, 6.45) is 0.817. The van der Waals surface area contributed by atoms with Gasteiger partial charge in [-0.15, -0.1) is 0 Å². The molecule has 0 aliphatic heterocycles. The highest BCUT2D eigenvalue weighted by Crippen LogP contribution is 2.26. The van der Waals surface area contributed by atoms with Gasteiger partial charge in [-0.1, -0.05) is 0 Å². The lowest BCUT2D eigenvalue weighted by molar-refractivity contribution is -0.385. The second kappa shape index (κ2) is 8.52. The maximum atomic E-state index is 11.9. The molecule has 1 aromatic rings. The topological polar surface area (TPSA) is 116 Å². The Hall–Kier alpha value is -2.90. The molecule has 0 saturated carbocycles. The first-order valence-corrected chi connectivity index (χ1v) is 6.89. The SMILES string of the molecule is CCOC(=O)CC(=Cc1ccc(O)cc1[N+](=O)[O-])C(=O)OCC. The van der Waals surface area contributed by atoms with Gasteiger partial charge in [0.25, 0.3) is 5.69 Å². The molecule has 0 radical (unpaired) electrons. The van der Waals surface area contributed by atoms with Crippen molar-refractivity contribution in [3.8, 4) is 5.75 Å². The van der Waals surface area contributed by atoms with E-state index in [1.807, 2.05) is 0 Å². The molecule has 0 amide bonds. The van der Waals surface area contributed by atoms with E-state index in [-0.39, 0.29) is 36.5 Å². The van der Waals surface area contributed by atoms with Crippen LogP contribution in [-0.4, -0.2) is 35.2 Å². The molecule has 0 atom stereocenters. The molecular formula is C15H17NO7. The van der Waals surface area contributed by atoms with Crippen LogP contribution in [0.1, 0.15) is 25.8 Å². The van der Waals surface area contributed by atoms with Crippen LogP contribution in [0.2, 0.25) is 0 Å². The monoisotopic (exact) mass is 323 g/mol. The molecule has 8 nitrogen and oxygen atoms in total. The summed E-state index contributed by atoms with van der Waals surface area (Å²) in [5.41, 5.74) is -0.394. The minimum Gasteiger partial charge on any atom is -0.508 e. The fourth-order valence-corrected chi connectivity index (χ4v) is 1.77. The summed E-state index contributed by atoms with van der Waals surface area (Å²) < 4.78 is 9.62. The van der Waals surface area contributed by atoms with Gasteiger partial charge in [-0.2, -0.15) is 0 Å². The van der Waals surface area contributed by atoms with Crippen LogP contribution in [0.25, 0.3) is 6.08 Å². The van der Waals surface area contributed by atoms with Gasteiger partial charge < -0.3 is 14.6 Å². The average Bonchev–Trinajstić information content (AvgIpc) is 2.48. The fraction of sp³-hybridized carbons (Fsp3) is 0.333. The molecule has 0 aliphatic carbocycles. The standard InChI is InChI=1S/C15H17NO7/c1-3-22-14(18)8-11(15(19)23-4-2)7-10-5-6-12(17)9-13(10)16(20)21/h5-7,9,17H,3-4,8H2,1-2H3. The minimum absolute atomic E-state index is 0.0696. The van der Waals surface area contributed by atoms with Gasteiger partial charge in [0, 0.05) is 5.57 Å². The first kappa shape index (κ1) is 18.1. The normalized spacial score (nSPS) is 11.0. The number of ether oxygens (including phenoxy) is 2. The van der Waals surface area contributed by atoms with Crippen LogP contribution < -0.4 is 0 Å². The van der Waals surface area contributed by atoms with E-state index < -0.39 is 22.5 Å². The third-order valence-corrected chi connectivity index (χ3v) is 2.72. The number of hydrogen-bond donors (Lipinski definition) is 1. The predicted molar refractivity (Wildman–Crippen MR) is 80.6 cm³/mol. The van der Waals surface area contributed by atoms with Crippen LogP contribution >= 0.6 is 0 Å². The number of rotatable bonds is 7. The Morgan fingerprint density at radius 1 is 1.26 bits per heavy atom. The lowest BCUT2D eigenvalue weighted by atomic mass is 10.1. The van der Waals surface area contributed by atoms with Crippen molar-refractivity contribution in [1.29, 1.82) is 0 Å². The molecule has 0 unspecified atom stereocenters. The number of esters is 2. The molecule has 1 rings (SSSR count). The highest BCUT2D eigenvalue weighted by atomic mass is 16.6. The summed E-state index contributed by atoms with van der Waals surface area (Å²) in [5, 5.41) is 20.4. The Kier molecular flexibility index (Phi) is 6.72. The van der Waals surface area contributed by atoms with Crippen LogP contribution in [0.5, 0.6) is 5.75 Å². The first-order chi connectivity index (χ1) is 10.9. The van der Waals surface area contributed by atoms with Gasteiger partial charge >= 0.3 is 11.9 Å². The van der Waals surface area contributed by atoms with Crippen molar-refractivity contribution in [3.63, 3.8) is 0 Å². The lowest BCUT2D eigenvalue weighted by Crippen LogP contribution is -2.13. The number of carbonyl (C=O) groups excluding carboxylic acids is 2. The summed E-state index contributed by atoms with van der Waals surface area (Å²) in [6.45, 7) is 3.46. The summed E-state index contributed by atoms with van der Waals surface area (Å²) in [4.78, 5) is 33.8. The predicted octanol–water partition coefficient (Wildman–Crippen LogP) is 2.20. The molecule has 1 N–H and O–H groups in total. The van der Waals surface area contributed by atoms with E-state index in [2.05, 4.69) is 0 Å². The van der Waals surface area contributed by atoms with Crippen molar-refractivity contribution in [1.82, 2.24) is 0 Å². The second-order valence-electron chi connectivity index (χ2n) is 4.37. The zero-order valence-electron chi connectivity index (χ0n) is 12.8. The van der Waals surface area contributed by atoms with Crippen LogP contribution in [0.4, 0.5) is 5.69 Å². The number of phenols is 1. The Labute approximate surface area is 132 Å². The third-order valence-electron chi connectivity index (χ3n) is 2.72. The van der Waals surface area contributed by atoms with E-state index in [0.717, 1.165) is 6.07 Å². The number of benzene rings is 1. The number of nitrogens with zero attached hydrogens (tertiary/aromatic N) is 1. The summed E-state index contributed by atoms with van der Waals surface area (Å²) >= 11 is 0. The van der Waals surface area contributed by atoms with Gasteiger partial charge in [0.15, 0.2) is 0 Å². The van der Waals surface area contributed by atoms with Crippen molar-refractivity contribution >= 4 is 23.7 Å². The zero-order valence-corrected chi connectivity index (χ0v) is 12.8. The number of aromatic hydroxyl groups is 1. The maximum absolute atomic E-state index is 11.9. The molecule has 0 fully saturated rings. The quantitative estimate of drug-likeness (QED) is 0.354. The minimum atomic E-state index is -0.761. The van der Waals surface area contributed by atoms with Crippen LogP contribution in [-0.2, 0) is 19.1 Å². The number of nitro benzene ring substituents is 1. The first-order valence-electron chi connectivity index (χ1n) is 6.89. The zero-order chi connectivity index (χ0) is 17.4. The Bertz CT molecular complexity index is 637. The Morgan fingerprint density at radius 3 is 2.48 bits per heavy atom. The molecule has 0 saturated heterocycles. The van der Waals surface area contributed by atoms with Crippen molar-refractivity contribution in [2.45, 2.75) is 20.3 Å². The van der Waals surface area contributed by atoms with Crippen LogP contribution in [0.3, 0.4) is 0 Å². The van der Waals surface area contributed by atoms with Gasteiger partial charge in [-0.3, -0.25) is 14.9 Å². The number of phenolic OH excluding ortho intramolecular Hbond substituents is 1. The smallest absolute Gasteiger partial charge is 0.334 e. The van der Waals surface area contributed by atoms with Crippen LogP contribution in [0.15, 0.2) is 23.8 Å². The van der Waals surface area contributed by atoms with Crippen molar-refractivity contribution < 1.29 is 29.1 Å². The summed E-state index contributed by atoms with van der Waals surface area (Å²) in [6, 6.07) is 3.47. The largest absolute Gasteiger partial charge is 0.508 e. The van der Waals surface area contributed by atoms with Crippen molar-refractivity contribution in [3.05, 3.63) is 39.4 Å². The number of nitro groups is 1. The maximum Gasteiger partial charge on any atom is 0.334 e. The van der Waals surface area contributed by atoms with Gasteiger partial charge in [0.1, 0.15) is 5.75 Å². The Morgan fingerprint density at radius 2 is 1.91 bits per heavy atom. The van der Waals surface area contributed by atoms with E-state index in [1.165, 1.54) is 18.2 Å².